The van der Waals surface area contributed by atoms with Crippen molar-refractivity contribution in [3.05, 3.63) is 95.1 Å². The number of aliphatic carboxylic acids is 4. The number of hydrogen-bond acceptors (Lipinski definition) is 8. The maximum absolute atomic E-state index is 9.55. The molecule has 12 nitrogen and oxygen atoms in total. The Balaban J connectivity index is 0.000000521. The van der Waals surface area contributed by atoms with Crippen LogP contribution in [0.4, 0.5) is 0 Å². The minimum Gasteiger partial charge on any atom is -0.478 e. The molecule has 1 aliphatic rings. The lowest BCUT2D eigenvalue weighted by Crippen LogP contribution is -2.48. The predicted molar refractivity (Wildman–Crippen MR) is 168 cm³/mol. The smallest absolute Gasteiger partial charge is 0.328 e. The molecule has 2 unspecified atom stereocenters. The van der Waals surface area contributed by atoms with Gasteiger partial charge >= 0.3 is 23.9 Å². The van der Waals surface area contributed by atoms with Gasteiger partial charge in [-0.15, -0.1) is 0 Å². The number of hydrogen-bond donors (Lipinski definition) is 5. The van der Waals surface area contributed by atoms with Crippen LogP contribution in [0.3, 0.4) is 0 Å². The molecule has 2 aromatic carbocycles. The highest BCUT2D eigenvalue weighted by Crippen LogP contribution is 2.27. The molecule has 5 N–H and O–H groups in total. The van der Waals surface area contributed by atoms with E-state index in [1.807, 2.05) is 37.3 Å². The number of aliphatic hydroxyl groups excluding tert-OH is 1. The van der Waals surface area contributed by atoms with E-state index in [4.69, 9.17) is 36.8 Å². The Labute approximate surface area is 267 Å². The van der Waals surface area contributed by atoms with Gasteiger partial charge in [0.1, 0.15) is 6.10 Å². The van der Waals surface area contributed by atoms with E-state index in [0.29, 0.717) is 24.3 Å². The van der Waals surface area contributed by atoms with E-state index in [0.717, 1.165) is 69.3 Å². The summed E-state index contributed by atoms with van der Waals surface area (Å²) < 4.78 is 6.31. The van der Waals surface area contributed by atoms with Crippen molar-refractivity contribution in [2.75, 3.05) is 45.9 Å². The Hall–Kier alpha value is -4.07. The highest BCUT2D eigenvalue weighted by Gasteiger charge is 2.18. The van der Waals surface area contributed by atoms with Gasteiger partial charge in [0.05, 0.1) is 6.10 Å². The third kappa shape index (κ3) is 19.8. The number of carboxylic acids is 4. The maximum Gasteiger partial charge on any atom is 0.328 e. The van der Waals surface area contributed by atoms with Crippen molar-refractivity contribution in [3.8, 4) is 0 Å². The summed E-state index contributed by atoms with van der Waals surface area (Å²) in [6.07, 6.45) is 4.12. The third-order valence-corrected chi connectivity index (χ3v) is 6.40. The van der Waals surface area contributed by atoms with E-state index >= 15 is 0 Å². The van der Waals surface area contributed by atoms with Crippen LogP contribution < -0.4 is 0 Å². The molecule has 0 radical (unpaired) electrons. The summed E-state index contributed by atoms with van der Waals surface area (Å²) >= 11 is 6.05. The molecule has 1 aliphatic heterocycles. The lowest BCUT2D eigenvalue weighted by Gasteiger charge is -2.35. The van der Waals surface area contributed by atoms with Gasteiger partial charge in [-0.3, -0.25) is 4.90 Å². The van der Waals surface area contributed by atoms with Crippen LogP contribution in [0.25, 0.3) is 0 Å². The van der Waals surface area contributed by atoms with E-state index in [1.165, 1.54) is 5.56 Å². The number of aliphatic hydroxyl groups is 1. The topological polar surface area (TPSA) is 185 Å². The molecule has 0 aromatic heterocycles. The number of unbranched alkanes of at least 4 members (excludes halogenated alkanes) is 1. The molecule has 3 rings (SSSR count). The number of β-amino-alcohol motifs (C(OH)–C–C–N with tert-alkyl or cyclic N) is 1. The number of carbonyl (C=O) groups is 4. The monoisotopic (exact) mass is 648 g/mol. The lowest BCUT2D eigenvalue weighted by molar-refractivity contribution is -0.134. The second-order valence-electron chi connectivity index (χ2n) is 9.93. The van der Waals surface area contributed by atoms with Crippen LogP contribution in [0, 0.1) is 0 Å². The summed E-state index contributed by atoms with van der Waals surface area (Å²) in [5, 5.41) is 41.5. The van der Waals surface area contributed by atoms with Crippen molar-refractivity contribution < 1.29 is 49.4 Å². The van der Waals surface area contributed by atoms with Crippen LogP contribution in [0.15, 0.2) is 78.9 Å². The van der Waals surface area contributed by atoms with Crippen LogP contribution in [0.2, 0.25) is 5.02 Å². The number of halogens is 1. The van der Waals surface area contributed by atoms with Crippen molar-refractivity contribution in [2.24, 2.45) is 0 Å². The van der Waals surface area contributed by atoms with Gasteiger partial charge in [-0.1, -0.05) is 54.1 Å². The number of benzene rings is 2. The quantitative estimate of drug-likeness (QED) is 0.148. The van der Waals surface area contributed by atoms with Gasteiger partial charge in [0.25, 0.3) is 0 Å². The largest absolute Gasteiger partial charge is 0.478 e. The number of carboxylic acid groups (broad SMARTS) is 4. The number of piperazine rings is 1. The molecular formula is C32H41ClN2O10. The van der Waals surface area contributed by atoms with Crippen LogP contribution in [0.1, 0.15) is 37.0 Å². The summed E-state index contributed by atoms with van der Waals surface area (Å²) in [5.74, 6) is -5.03. The van der Waals surface area contributed by atoms with Crippen LogP contribution in [0.5, 0.6) is 0 Å². The van der Waals surface area contributed by atoms with Gasteiger partial charge in [-0.2, -0.15) is 0 Å². The molecular weight excluding hydrogens is 608 g/mol. The van der Waals surface area contributed by atoms with Gasteiger partial charge in [0.2, 0.25) is 0 Å². The summed E-state index contributed by atoms with van der Waals surface area (Å²) in [5.41, 5.74) is 2.30. The fourth-order valence-corrected chi connectivity index (χ4v) is 4.27. The first-order valence-electron chi connectivity index (χ1n) is 14.2. The van der Waals surface area contributed by atoms with E-state index in [9.17, 15) is 24.3 Å². The first-order chi connectivity index (χ1) is 21.4. The molecule has 0 bridgehead atoms. The van der Waals surface area contributed by atoms with Gasteiger partial charge in [-0.05, 0) is 49.6 Å². The maximum atomic E-state index is 9.55. The Morgan fingerprint density at radius 3 is 1.62 bits per heavy atom. The minimum atomic E-state index is -1.26. The lowest BCUT2D eigenvalue weighted by atomic mass is 10.0. The molecule has 0 saturated carbocycles. The normalized spacial score (nSPS) is 14.9. The Kier molecular flexibility index (Phi) is 19.4. The average molecular weight is 649 g/mol. The molecule has 45 heavy (non-hydrogen) atoms. The zero-order valence-electron chi connectivity index (χ0n) is 25.1. The van der Waals surface area contributed by atoms with Crippen molar-refractivity contribution >= 4 is 35.5 Å². The van der Waals surface area contributed by atoms with Crippen LogP contribution in [-0.2, 0) is 23.9 Å². The van der Waals surface area contributed by atoms with Crippen molar-refractivity contribution in [1.82, 2.24) is 9.80 Å². The van der Waals surface area contributed by atoms with Crippen molar-refractivity contribution in [2.45, 2.75) is 32.0 Å². The predicted octanol–water partition coefficient (Wildman–Crippen LogP) is 3.65. The summed E-state index contributed by atoms with van der Waals surface area (Å²) in [6.45, 7) is 8.78. The SMILES string of the molecule is CC(O)CN1CCN(CCCCOC(c2ccccc2)c2ccc(Cl)cc2)CC1.O=C(O)/C=C\C(=O)O.O=C(O)/C=C\C(=O)O. The first kappa shape index (κ1) is 39.0. The number of nitrogens with zero attached hydrogens (tertiary/aromatic N) is 2. The molecule has 0 spiro atoms. The molecule has 246 valence electrons. The fourth-order valence-electron chi connectivity index (χ4n) is 4.14. The third-order valence-electron chi connectivity index (χ3n) is 6.15. The molecule has 13 heteroatoms. The summed E-state index contributed by atoms with van der Waals surface area (Å²) in [4.78, 5) is 43.1. The highest BCUT2D eigenvalue weighted by molar-refractivity contribution is 6.30. The molecule has 1 fully saturated rings. The number of ether oxygens (including phenoxy) is 1. The number of rotatable bonds is 14. The fraction of sp³-hybridized carbons (Fsp3) is 0.375. The zero-order chi connectivity index (χ0) is 33.6. The van der Waals surface area contributed by atoms with Gasteiger partial charge in [-0.25, -0.2) is 19.2 Å². The summed E-state index contributed by atoms with van der Waals surface area (Å²) in [7, 11) is 0. The molecule has 2 aromatic rings. The Bertz CT molecular complexity index is 1160. The van der Waals surface area contributed by atoms with E-state index in [-0.39, 0.29) is 12.2 Å². The Morgan fingerprint density at radius 1 is 0.733 bits per heavy atom. The minimum absolute atomic E-state index is 0.0579. The summed E-state index contributed by atoms with van der Waals surface area (Å²) in [6, 6.07) is 18.3. The standard InChI is InChI=1S/C24H33ClN2O2.2C4H4O4/c1-20(28)19-27-16-14-26(15-17-27)13-5-6-18-29-24(21-7-3-2-4-8-21)22-9-11-23(25)12-10-22;2*5-3(6)1-2-4(7)8/h2-4,7-12,20,24,28H,5-6,13-19H2,1H3;2*1-2H,(H,5,6)(H,7,8)/b;2*2-1-. The molecule has 1 saturated heterocycles. The van der Waals surface area contributed by atoms with E-state index in [1.54, 1.807) is 0 Å². The Morgan fingerprint density at radius 2 is 1.18 bits per heavy atom. The van der Waals surface area contributed by atoms with Gasteiger partial charge < -0.3 is 35.2 Å². The van der Waals surface area contributed by atoms with Crippen LogP contribution >= 0.6 is 11.6 Å². The van der Waals surface area contributed by atoms with Crippen LogP contribution in [-0.4, -0.2) is 111 Å². The second kappa shape index (κ2) is 22.4. The van der Waals surface area contributed by atoms with Crippen molar-refractivity contribution in [1.29, 1.82) is 0 Å². The van der Waals surface area contributed by atoms with E-state index < -0.39 is 23.9 Å². The molecule has 0 aliphatic carbocycles. The van der Waals surface area contributed by atoms with Gasteiger partial charge in [0, 0.05) is 68.7 Å². The average Bonchev–Trinajstić information content (AvgIpc) is 2.99. The van der Waals surface area contributed by atoms with E-state index in [2.05, 4.69) is 34.1 Å². The van der Waals surface area contributed by atoms with Gasteiger partial charge in [0.15, 0.2) is 0 Å². The highest BCUT2D eigenvalue weighted by atomic mass is 35.5. The molecule has 2 atom stereocenters. The first-order valence-corrected chi connectivity index (χ1v) is 14.6. The zero-order valence-corrected chi connectivity index (χ0v) is 25.8. The molecule has 1 heterocycles. The van der Waals surface area contributed by atoms with Crippen molar-refractivity contribution in [3.63, 3.8) is 0 Å². The second-order valence-corrected chi connectivity index (χ2v) is 10.4. The molecule has 0 amide bonds.